The Morgan fingerprint density at radius 3 is 2.72 bits per heavy atom. The fraction of sp³-hybridized carbons (Fsp3) is 0.130. The Morgan fingerprint density at radius 1 is 1.09 bits per heavy atom. The minimum atomic E-state index is -0.184. The van der Waals surface area contributed by atoms with E-state index in [1.54, 1.807) is 34.2 Å². The van der Waals surface area contributed by atoms with Gasteiger partial charge in [0.05, 0.1) is 29.0 Å². The molecule has 4 heterocycles. The number of carbonyl (C=O) groups is 1. The largest absolute Gasteiger partial charge is 0.334 e. The third-order valence-electron chi connectivity index (χ3n) is 5.03. The molecule has 5 rings (SSSR count). The number of fused-ring (bicyclic) bond motifs is 1. The zero-order valence-corrected chi connectivity index (χ0v) is 18.8. The van der Waals surface area contributed by atoms with Gasteiger partial charge in [0, 0.05) is 13.2 Å². The molecule has 7 nitrogen and oxygen atoms in total. The first-order valence-electron chi connectivity index (χ1n) is 9.95. The molecule has 0 radical (unpaired) electrons. The molecule has 5 aromatic rings. The number of aromatic nitrogens is 4. The summed E-state index contributed by atoms with van der Waals surface area (Å²) in [5, 5.41) is 8.51. The van der Waals surface area contributed by atoms with Crippen LogP contribution in [0.3, 0.4) is 0 Å². The summed E-state index contributed by atoms with van der Waals surface area (Å²) in [6.45, 7) is 0.757. The first kappa shape index (κ1) is 20.3. The summed E-state index contributed by atoms with van der Waals surface area (Å²) in [4.78, 5) is 35.4. The number of carbonyl (C=O) groups excluding carboxylic acids is 1. The normalized spacial score (nSPS) is 11.2. The van der Waals surface area contributed by atoms with Crippen LogP contribution in [0.1, 0.15) is 21.7 Å². The van der Waals surface area contributed by atoms with E-state index in [1.807, 2.05) is 59.3 Å². The van der Waals surface area contributed by atoms with Gasteiger partial charge in [0.15, 0.2) is 0 Å². The molecule has 0 aliphatic heterocycles. The minimum Gasteiger partial charge on any atom is -0.334 e. The van der Waals surface area contributed by atoms with Gasteiger partial charge in [-0.1, -0.05) is 36.4 Å². The molecule has 9 heteroatoms. The molecular formula is C23H19N5O2S2. The van der Waals surface area contributed by atoms with Crippen molar-refractivity contribution in [2.24, 2.45) is 0 Å². The van der Waals surface area contributed by atoms with E-state index in [0.29, 0.717) is 33.8 Å². The van der Waals surface area contributed by atoms with Gasteiger partial charge in [0.2, 0.25) is 0 Å². The molecule has 32 heavy (non-hydrogen) atoms. The highest BCUT2D eigenvalue weighted by atomic mass is 32.1. The van der Waals surface area contributed by atoms with E-state index in [2.05, 4.69) is 9.97 Å². The van der Waals surface area contributed by atoms with Gasteiger partial charge in [-0.2, -0.15) is 5.10 Å². The van der Waals surface area contributed by atoms with E-state index < -0.39 is 0 Å². The predicted octanol–water partition coefficient (Wildman–Crippen LogP) is 4.23. The van der Waals surface area contributed by atoms with E-state index >= 15 is 0 Å². The highest BCUT2D eigenvalue weighted by Gasteiger charge is 2.22. The first-order chi connectivity index (χ1) is 15.6. The van der Waals surface area contributed by atoms with Crippen LogP contribution in [0.4, 0.5) is 0 Å². The van der Waals surface area contributed by atoms with Crippen molar-refractivity contribution < 1.29 is 4.79 Å². The molecule has 0 atom stereocenters. The Kier molecular flexibility index (Phi) is 5.42. The number of aromatic amines is 1. The molecule has 0 spiro atoms. The maximum atomic E-state index is 13.4. The highest BCUT2D eigenvalue weighted by molar-refractivity contribution is 7.17. The van der Waals surface area contributed by atoms with Crippen LogP contribution in [0, 0.1) is 0 Å². The van der Waals surface area contributed by atoms with E-state index in [1.165, 1.54) is 11.3 Å². The van der Waals surface area contributed by atoms with Crippen molar-refractivity contribution in [1.29, 1.82) is 0 Å². The van der Waals surface area contributed by atoms with Gasteiger partial charge in [0.1, 0.15) is 16.2 Å². The molecule has 4 aromatic heterocycles. The van der Waals surface area contributed by atoms with Gasteiger partial charge in [-0.15, -0.1) is 22.7 Å². The van der Waals surface area contributed by atoms with Gasteiger partial charge in [-0.3, -0.25) is 14.3 Å². The highest BCUT2D eigenvalue weighted by Crippen LogP contribution is 2.28. The maximum absolute atomic E-state index is 13.4. The summed E-state index contributed by atoms with van der Waals surface area (Å²) in [5.74, 6) is 0.270. The Labute approximate surface area is 191 Å². The zero-order valence-electron chi connectivity index (χ0n) is 17.2. The summed E-state index contributed by atoms with van der Waals surface area (Å²) in [7, 11) is 1.70. The van der Waals surface area contributed by atoms with Crippen molar-refractivity contribution in [2.45, 2.75) is 13.1 Å². The Morgan fingerprint density at radius 2 is 1.94 bits per heavy atom. The number of thiophene rings is 2. The lowest BCUT2D eigenvalue weighted by atomic mass is 10.2. The lowest BCUT2D eigenvalue weighted by Gasteiger charge is -2.16. The molecule has 0 saturated heterocycles. The second-order valence-corrected chi connectivity index (χ2v) is 9.22. The molecule has 1 N–H and O–H groups in total. The number of rotatable bonds is 6. The number of hydrogen-bond donors (Lipinski definition) is 1. The van der Waals surface area contributed by atoms with Crippen LogP contribution in [0.25, 0.3) is 20.8 Å². The van der Waals surface area contributed by atoms with Gasteiger partial charge >= 0.3 is 0 Å². The van der Waals surface area contributed by atoms with Crippen LogP contribution in [0.2, 0.25) is 0 Å². The first-order valence-corrected chi connectivity index (χ1v) is 11.7. The number of benzene rings is 1. The Bertz CT molecular complexity index is 1430. The molecular weight excluding hydrogens is 442 g/mol. The molecule has 1 amide bonds. The van der Waals surface area contributed by atoms with Crippen molar-refractivity contribution in [1.82, 2.24) is 24.6 Å². The molecule has 0 unspecified atom stereocenters. The summed E-state index contributed by atoms with van der Waals surface area (Å²) < 4.78 is 2.38. The van der Waals surface area contributed by atoms with Gasteiger partial charge < -0.3 is 9.88 Å². The van der Waals surface area contributed by atoms with Crippen molar-refractivity contribution in [3.8, 4) is 10.6 Å². The van der Waals surface area contributed by atoms with Crippen LogP contribution in [0.15, 0.2) is 70.3 Å². The average molecular weight is 462 g/mol. The SMILES string of the molecule is CN(Cc1nc2ccsc2c(=O)[nH]1)C(=O)c1cn(Cc2ccccc2)nc1-c1cccs1. The fourth-order valence-electron chi connectivity index (χ4n) is 3.52. The van der Waals surface area contributed by atoms with E-state index in [-0.39, 0.29) is 18.0 Å². The van der Waals surface area contributed by atoms with Crippen molar-refractivity contribution in [3.63, 3.8) is 0 Å². The van der Waals surface area contributed by atoms with Crippen molar-refractivity contribution in [3.05, 3.63) is 92.8 Å². The second-order valence-electron chi connectivity index (χ2n) is 7.36. The second kappa shape index (κ2) is 8.52. The summed E-state index contributed by atoms with van der Waals surface area (Å²) in [6, 6.07) is 15.7. The number of H-pyrrole nitrogens is 1. The third-order valence-corrected chi connectivity index (χ3v) is 6.81. The molecule has 0 aliphatic carbocycles. The van der Waals surface area contributed by atoms with Crippen LogP contribution < -0.4 is 5.56 Å². The van der Waals surface area contributed by atoms with Crippen LogP contribution in [-0.4, -0.2) is 37.6 Å². The number of amides is 1. The maximum Gasteiger partial charge on any atom is 0.268 e. The fourth-order valence-corrected chi connectivity index (χ4v) is 4.97. The summed E-state index contributed by atoms with van der Waals surface area (Å²) in [6.07, 6.45) is 1.79. The van der Waals surface area contributed by atoms with Gasteiger partial charge in [-0.05, 0) is 28.5 Å². The monoisotopic (exact) mass is 461 g/mol. The third kappa shape index (κ3) is 4.00. The average Bonchev–Trinajstić information content (AvgIpc) is 3.54. The van der Waals surface area contributed by atoms with E-state index in [4.69, 9.17) is 5.10 Å². The van der Waals surface area contributed by atoms with Crippen LogP contribution in [0.5, 0.6) is 0 Å². The molecule has 0 fully saturated rings. The number of nitrogens with one attached hydrogen (secondary N) is 1. The molecule has 0 aliphatic rings. The lowest BCUT2D eigenvalue weighted by molar-refractivity contribution is 0.0782. The smallest absolute Gasteiger partial charge is 0.268 e. The Balaban J connectivity index is 1.45. The van der Waals surface area contributed by atoms with Gasteiger partial charge in [0.25, 0.3) is 11.5 Å². The Hall–Kier alpha value is -3.56. The topological polar surface area (TPSA) is 83.9 Å². The minimum absolute atomic E-state index is 0.180. The summed E-state index contributed by atoms with van der Waals surface area (Å²) >= 11 is 2.89. The molecule has 0 saturated carbocycles. The standard InChI is InChI=1S/C23H19N5O2S2/c1-27(14-19-24-17-9-11-32-21(17)22(29)25-19)23(30)16-13-28(12-15-6-3-2-4-7-15)26-20(16)18-8-5-10-31-18/h2-11,13H,12,14H2,1H3,(H,24,25,29). The predicted molar refractivity (Wildman–Crippen MR) is 127 cm³/mol. The van der Waals surface area contributed by atoms with Crippen LogP contribution in [-0.2, 0) is 13.1 Å². The molecule has 160 valence electrons. The van der Waals surface area contributed by atoms with E-state index in [9.17, 15) is 9.59 Å². The zero-order chi connectivity index (χ0) is 22.1. The molecule has 0 bridgehead atoms. The van der Waals surface area contributed by atoms with E-state index in [0.717, 1.165) is 10.4 Å². The number of nitrogens with zero attached hydrogens (tertiary/aromatic N) is 4. The number of hydrogen-bond acceptors (Lipinski definition) is 6. The summed E-state index contributed by atoms with van der Waals surface area (Å²) in [5.41, 5.74) is 2.73. The lowest BCUT2D eigenvalue weighted by Crippen LogP contribution is -2.28. The van der Waals surface area contributed by atoms with Crippen molar-refractivity contribution in [2.75, 3.05) is 7.05 Å². The van der Waals surface area contributed by atoms with Crippen LogP contribution >= 0.6 is 22.7 Å². The van der Waals surface area contributed by atoms with Gasteiger partial charge in [-0.25, -0.2) is 4.98 Å². The molecule has 1 aromatic carbocycles. The van der Waals surface area contributed by atoms with Crippen molar-refractivity contribution >= 4 is 38.8 Å². The quantitative estimate of drug-likeness (QED) is 0.410.